The van der Waals surface area contributed by atoms with Crippen molar-refractivity contribution in [2.24, 2.45) is 0 Å². The second-order valence-electron chi connectivity index (χ2n) is 22.1. The number of methoxy groups -OCH3 is 4. The van der Waals surface area contributed by atoms with Crippen LogP contribution in [0.15, 0.2) is 99.4 Å². The molecule has 0 saturated heterocycles. The van der Waals surface area contributed by atoms with Crippen LogP contribution in [0.5, 0.6) is 51.7 Å². The van der Waals surface area contributed by atoms with Gasteiger partial charge >= 0.3 is 16.8 Å². The molecule has 7 aromatic carbocycles. The minimum absolute atomic E-state index is 0.0945. The summed E-state index contributed by atoms with van der Waals surface area (Å²) in [4.78, 5) is 0. The molecular formula is C58H64O11P2. The highest BCUT2D eigenvalue weighted by atomic mass is 31.2. The number of hydrogen-bond donors (Lipinski definition) is 1. The van der Waals surface area contributed by atoms with Gasteiger partial charge in [0.2, 0.25) is 0 Å². The fourth-order valence-electron chi connectivity index (χ4n) is 9.16. The van der Waals surface area contributed by atoms with Crippen molar-refractivity contribution < 1.29 is 50.5 Å². The van der Waals surface area contributed by atoms with Gasteiger partial charge in [-0.15, -0.1) is 0 Å². The highest BCUT2D eigenvalue weighted by Crippen LogP contribution is 2.59. The van der Waals surface area contributed by atoms with Crippen LogP contribution >= 0.6 is 16.8 Å². The topological polar surface area (TPSA) is 120 Å². The summed E-state index contributed by atoms with van der Waals surface area (Å²) in [5.74, 6) is 4.69. The van der Waals surface area contributed by atoms with Gasteiger partial charge in [0.25, 0.3) is 0 Å². The molecule has 0 radical (unpaired) electrons. The van der Waals surface area contributed by atoms with Crippen molar-refractivity contribution in [3.05, 3.63) is 113 Å². The van der Waals surface area contributed by atoms with E-state index >= 15 is 0 Å². The predicted octanol–water partition coefficient (Wildman–Crippen LogP) is 17.1. The lowest BCUT2D eigenvalue weighted by molar-refractivity contribution is 0.375. The average Bonchev–Trinajstić information content (AvgIpc) is 3.45. The normalized spacial score (nSPS) is 14.1. The Bertz CT molecular complexity index is 3330. The number of benzene rings is 7. The summed E-state index contributed by atoms with van der Waals surface area (Å²) >= 11 is 0. The number of aromatic hydroxyl groups is 1. The first-order valence-electron chi connectivity index (χ1n) is 23.7. The van der Waals surface area contributed by atoms with Crippen molar-refractivity contribution in [3.8, 4) is 62.9 Å². The van der Waals surface area contributed by atoms with Crippen molar-refractivity contribution in [2.45, 2.75) is 105 Å². The highest BCUT2D eigenvalue weighted by Gasteiger charge is 2.37. The monoisotopic (exact) mass is 998 g/mol. The van der Waals surface area contributed by atoms with Gasteiger partial charge in [0.15, 0.2) is 5.75 Å². The summed E-state index contributed by atoms with van der Waals surface area (Å²) in [6.45, 7) is 25.6. The standard InChI is InChI=1S/C58H64O11P2/c1-55(2,3)42-28-34(60-13)24-38(50(42)65-70-64-47-22-18-20-33-23-32-19-17-21-46(59)48(32)54(69-70)49(33)47)39-25-35(61-14)29-43(56(4,5)6)51(39)66-71-67-52-40(26-36(62-15)30-44(52)57(7,8)9)41-27-37(63-16)31-45(53(41)68-71)58(10,11)12/h17-31,59H,1-16H3. The zero-order valence-electron chi connectivity index (χ0n) is 43.6. The molecule has 1 unspecified atom stereocenters. The zero-order chi connectivity index (χ0) is 51.1. The van der Waals surface area contributed by atoms with Gasteiger partial charge < -0.3 is 50.5 Å². The molecule has 372 valence electrons. The van der Waals surface area contributed by atoms with Crippen LogP contribution in [-0.2, 0) is 21.7 Å². The van der Waals surface area contributed by atoms with E-state index in [1.54, 1.807) is 34.5 Å². The third kappa shape index (κ3) is 9.24. The Labute approximate surface area is 418 Å². The number of hydrogen-bond acceptors (Lipinski definition) is 11. The van der Waals surface area contributed by atoms with Gasteiger partial charge in [-0.05, 0) is 99.2 Å². The molecule has 1 N–H and O–H groups in total. The molecule has 0 amide bonds. The van der Waals surface area contributed by atoms with Crippen molar-refractivity contribution in [1.82, 2.24) is 0 Å². The van der Waals surface area contributed by atoms with E-state index in [0.717, 1.165) is 49.2 Å². The predicted molar refractivity (Wildman–Crippen MR) is 287 cm³/mol. The number of phenols is 1. The zero-order valence-corrected chi connectivity index (χ0v) is 45.4. The molecule has 1 atom stereocenters. The molecule has 1 aliphatic rings. The fourth-order valence-corrected chi connectivity index (χ4v) is 11.4. The summed E-state index contributed by atoms with van der Waals surface area (Å²) < 4.78 is 66.6. The molecule has 0 saturated carbocycles. The molecular weight excluding hydrogens is 935 g/mol. The van der Waals surface area contributed by atoms with Gasteiger partial charge in [-0.1, -0.05) is 107 Å². The van der Waals surface area contributed by atoms with Crippen molar-refractivity contribution in [1.29, 1.82) is 0 Å². The Morgan fingerprint density at radius 3 is 1.34 bits per heavy atom. The molecule has 9 rings (SSSR count). The molecule has 1 aliphatic heterocycles. The minimum atomic E-state index is -2.29. The third-order valence-electron chi connectivity index (χ3n) is 12.9. The van der Waals surface area contributed by atoms with Gasteiger partial charge in [-0.25, -0.2) is 0 Å². The lowest BCUT2D eigenvalue weighted by Gasteiger charge is -2.31. The third-order valence-corrected chi connectivity index (χ3v) is 14.9. The van der Waals surface area contributed by atoms with E-state index in [-0.39, 0.29) is 5.75 Å². The second-order valence-corrected chi connectivity index (χ2v) is 24.1. The van der Waals surface area contributed by atoms with Gasteiger partial charge in [-0.3, -0.25) is 0 Å². The van der Waals surface area contributed by atoms with Crippen LogP contribution in [-0.4, -0.2) is 33.5 Å². The maximum absolute atomic E-state index is 11.3. The molecule has 2 heterocycles. The SMILES string of the molecule is COc1cc(-c2cc(OC)cc(C(C)(C)C)c2Op2oc3c(C(C)(C)C)cc(OC)cc3c3cc(OC)cc(C(C)(C)C)c3o2)c(OP2Oc3cccc4cc5cccc(O)c5c(c34)O2)c(C(C)(C)C)c1. The van der Waals surface area contributed by atoms with E-state index in [2.05, 4.69) is 83.1 Å². The maximum Gasteiger partial charge on any atom is 0.530 e. The molecule has 8 aromatic rings. The van der Waals surface area contributed by atoms with Crippen LogP contribution in [0, 0.1) is 0 Å². The van der Waals surface area contributed by atoms with Crippen LogP contribution in [0.3, 0.4) is 0 Å². The van der Waals surface area contributed by atoms with Crippen LogP contribution < -0.4 is 37.0 Å². The number of fused-ring (bicyclic) bond motifs is 5. The van der Waals surface area contributed by atoms with E-state index in [4.69, 9.17) is 45.4 Å². The van der Waals surface area contributed by atoms with Gasteiger partial charge in [0, 0.05) is 44.2 Å². The van der Waals surface area contributed by atoms with Crippen LogP contribution in [0.25, 0.3) is 54.6 Å². The van der Waals surface area contributed by atoms with E-state index in [9.17, 15) is 5.11 Å². The van der Waals surface area contributed by atoms with Crippen LogP contribution in [0.4, 0.5) is 0 Å². The summed E-state index contributed by atoms with van der Waals surface area (Å²) in [5.41, 5.74) is 4.16. The van der Waals surface area contributed by atoms with Crippen molar-refractivity contribution in [2.75, 3.05) is 28.4 Å². The molecule has 1 aromatic heterocycles. The van der Waals surface area contributed by atoms with E-state index in [1.165, 1.54) is 0 Å². The summed E-state index contributed by atoms with van der Waals surface area (Å²) in [6.07, 6.45) is 0. The molecule has 71 heavy (non-hydrogen) atoms. The molecule has 0 aliphatic carbocycles. The van der Waals surface area contributed by atoms with Crippen molar-refractivity contribution in [3.63, 3.8) is 0 Å². The maximum atomic E-state index is 11.3. The average molecular weight is 999 g/mol. The smallest absolute Gasteiger partial charge is 0.507 e. The Morgan fingerprint density at radius 1 is 0.451 bits per heavy atom. The number of rotatable bonds is 9. The van der Waals surface area contributed by atoms with Crippen LogP contribution in [0.1, 0.15) is 105 Å². The van der Waals surface area contributed by atoms with Gasteiger partial charge in [0.1, 0.15) is 57.2 Å². The number of phenolic OH excluding ortho intramolecular Hbond substituents is 1. The number of ether oxygens (including phenoxy) is 4. The van der Waals surface area contributed by atoms with Crippen LogP contribution in [0.2, 0.25) is 0 Å². The molecule has 11 nitrogen and oxygen atoms in total. The van der Waals surface area contributed by atoms with Gasteiger partial charge in [0.05, 0.1) is 39.2 Å². The molecule has 0 bridgehead atoms. The summed E-state index contributed by atoms with van der Waals surface area (Å²) in [7, 11) is 2.18. The van der Waals surface area contributed by atoms with E-state index in [1.807, 2.05) is 84.9 Å². The first-order chi connectivity index (χ1) is 33.4. The Hall–Kier alpha value is -6.41. The Kier molecular flexibility index (Phi) is 12.6. The quantitative estimate of drug-likeness (QED) is 0.110. The Morgan fingerprint density at radius 2 is 0.873 bits per heavy atom. The first kappa shape index (κ1) is 49.6. The lowest BCUT2D eigenvalue weighted by atomic mass is 9.81. The van der Waals surface area contributed by atoms with Crippen molar-refractivity contribution >= 4 is 60.3 Å². The summed E-state index contributed by atoms with van der Waals surface area (Å²) in [6, 6.07) is 29.2. The molecule has 0 spiro atoms. The van der Waals surface area contributed by atoms with E-state index < -0.39 is 38.5 Å². The second kappa shape index (κ2) is 18.0. The summed E-state index contributed by atoms with van der Waals surface area (Å²) in [5, 5.41) is 16.0. The molecule has 13 heteroatoms. The lowest BCUT2D eigenvalue weighted by Crippen LogP contribution is -2.16. The first-order valence-corrected chi connectivity index (χ1v) is 25.9. The fraction of sp³-hybridized carbons (Fsp3) is 0.345. The van der Waals surface area contributed by atoms with Gasteiger partial charge in [-0.2, -0.15) is 0 Å². The molecule has 0 fully saturated rings. The minimum Gasteiger partial charge on any atom is -0.507 e. The highest BCUT2D eigenvalue weighted by molar-refractivity contribution is 7.43. The van der Waals surface area contributed by atoms with E-state index in [0.29, 0.717) is 73.7 Å². The Balaban J connectivity index is 1.34. The largest absolute Gasteiger partial charge is 0.530 e.